The zero-order chi connectivity index (χ0) is 34.0. The van der Waals surface area contributed by atoms with Gasteiger partial charge in [0, 0.05) is 54.8 Å². The molecule has 2 amide bonds. The number of anilines is 2. The highest BCUT2D eigenvalue weighted by Crippen LogP contribution is 2.38. The molecule has 0 unspecified atom stereocenters. The molecule has 0 aliphatic carbocycles. The van der Waals surface area contributed by atoms with Gasteiger partial charge in [-0.25, -0.2) is 19.2 Å². The van der Waals surface area contributed by atoms with Gasteiger partial charge >= 0.3 is 6.09 Å². The number of likely N-dealkylation sites (tertiary alicyclic amines) is 1. The highest BCUT2D eigenvalue weighted by atomic mass is 19.1. The normalized spacial score (nSPS) is 13.2. The van der Waals surface area contributed by atoms with Crippen molar-refractivity contribution in [1.82, 2.24) is 24.6 Å². The first-order valence-corrected chi connectivity index (χ1v) is 15.4. The van der Waals surface area contributed by atoms with Gasteiger partial charge in [0.05, 0.1) is 31.2 Å². The summed E-state index contributed by atoms with van der Waals surface area (Å²) in [6, 6.07) is 16.5. The zero-order valence-electron chi connectivity index (χ0n) is 27.3. The molecule has 1 aliphatic rings. The molecule has 12 nitrogen and oxygen atoms in total. The standard InChI is InChI=1S/C35H36FN7O5/c1-35(2,3)48-34(45)42-19-23(20-42)43-27-13-15-38-32(39-18-22-9-11-24(46-4)17-28(22)47-5)30(27)31(41-43)25-12-10-21(16-26(25)36)33(44)40-29-8-6-7-14-37-29/h6-17,23H,18-20H2,1-5H3,(H,38,39)(H,37,40,44). The largest absolute Gasteiger partial charge is 0.497 e. The summed E-state index contributed by atoms with van der Waals surface area (Å²) in [7, 11) is 3.17. The van der Waals surface area contributed by atoms with Crippen molar-refractivity contribution in [2.75, 3.05) is 37.9 Å². The Hall–Kier alpha value is -5.72. The maximum atomic E-state index is 16.0. The number of nitrogens with one attached hydrogen (secondary N) is 2. The van der Waals surface area contributed by atoms with Gasteiger partial charge in [-0.1, -0.05) is 6.07 Å². The second-order valence-corrected chi connectivity index (χ2v) is 12.3. The van der Waals surface area contributed by atoms with Crippen LogP contribution in [0.2, 0.25) is 0 Å². The number of fused-ring (bicyclic) bond motifs is 1. The Morgan fingerprint density at radius 2 is 1.79 bits per heavy atom. The minimum atomic E-state index is -0.633. The first kappa shape index (κ1) is 32.2. The van der Waals surface area contributed by atoms with Crippen molar-refractivity contribution in [2.24, 2.45) is 0 Å². The second kappa shape index (κ2) is 13.2. The fraction of sp³-hybridized carbons (Fsp3) is 0.286. The number of methoxy groups -OCH3 is 2. The van der Waals surface area contributed by atoms with E-state index >= 15 is 4.39 Å². The van der Waals surface area contributed by atoms with Crippen molar-refractivity contribution in [1.29, 1.82) is 0 Å². The third-order valence-electron chi connectivity index (χ3n) is 7.81. The van der Waals surface area contributed by atoms with Gasteiger partial charge in [0.25, 0.3) is 5.91 Å². The van der Waals surface area contributed by atoms with E-state index in [-0.39, 0.29) is 17.2 Å². The second-order valence-electron chi connectivity index (χ2n) is 12.3. The lowest BCUT2D eigenvalue weighted by Gasteiger charge is -2.39. The number of aromatic nitrogens is 4. The first-order valence-electron chi connectivity index (χ1n) is 15.4. The highest BCUT2D eigenvalue weighted by Gasteiger charge is 2.37. The Morgan fingerprint density at radius 1 is 0.979 bits per heavy atom. The number of hydrogen-bond donors (Lipinski definition) is 2. The Bertz CT molecular complexity index is 1970. The third-order valence-corrected chi connectivity index (χ3v) is 7.81. The number of carbonyl (C=O) groups excluding carboxylic acids is 2. The topological polar surface area (TPSA) is 133 Å². The van der Waals surface area contributed by atoms with Crippen LogP contribution in [0.5, 0.6) is 11.5 Å². The number of ether oxygens (including phenoxy) is 3. The van der Waals surface area contributed by atoms with E-state index < -0.39 is 23.4 Å². The summed E-state index contributed by atoms with van der Waals surface area (Å²) in [4.78, 5) is 35.9. The van der Waals surface area contributed by atoms with Gasteiger partial charge in [-0.15, -0.1) is 0 Å². The Kier molecular flexibility index (Phi) is 8.85. The molecule has 1 aliphatic heterocycles. The number of hydrogen-bond acceptors (Lipinski definition) is 9. The Morgan fingerprint density at radius 3 is 2.48 bits per heavy atom. The van der Waals surface area contributed by atoms with Gasteiger partial charge in [-0.2, -0.15) is 5.10 Å². The monoisotopic (exact) mass is 653 g/mol. The maximum Gasteiger partial charge on any atom is 0.410 e. The molecule has 3 aromatic heterocycles. The predicted octanol–water partition coefficient (Wildman–Crippen LogP) is 6.31. The van der Waals surface area contributed by atoms with Gasteiger partial charge in [-0.05, 0) is 69.3 Å². The molecule has 2 aromatic carbocycles. The van der Waals surface area contributed by atoms with Crippen LogP contribution in [0.25, 0.3) is 22.2 Å². The number of amides is 2. The third kappa shape index (κ3) is 6.70. The van der Waals surface area contributed by atoms with Crippen molar-refractivity contribution < 1.29 is 28.2 Å². The number of benzene rings is 2. The molecular weight excluding hydrogens is 617 g/mol. The van der Waals surface area contributed by atoms with E-state index in [0.717, 1.165) is 5.56 Å². The Labute approximate surface area is 276 Å². The zero-order valence-corrected chi connectivity index (χ0v) is 27.3. The molecule has 48 heavy (non-hydrogen) atoms. The van der Waals surface area contributed by atoms with Gasteiger partial charge in [0.1, 0.15) is 40.2 Å². The summed E-state index contributed by atoms with van der Waals surface area (Å²) in [5, 5.41) is 11.5. The van der Waals surface area contributed by atoms with E-state index in [1.165, 1.54) is 12.1 Å². The number of rotatable bonds is 9. The van der Waals surface area contributed by atoms with Crippen molar-refractivity contribution in [3.8, 4) is 22.8 Å². The van der Waals surface area contributed by atoms with Crippen LogP contribution in [0.15, 0.2) is 73.1 Å². The molecule has 1 fully saturated rings. The minimum absolute atomic E-state index is 0.126. The van der Waals surface area contributed by atoms with Crippen LogP contribution in [-0.4, -0.2) is 69.6 Å². The van der Waals surface area contributed by atoms with Crippen molar-refractivity contribution in [3.63, 3.8) is 0 Å². The van der Waals surface area contributed by atoms with Crippen molar-refractivity contribution >= 4 is 34.5 Å². The maximum absolute atomic E-state index is 16.0. The SMILES string of the molecule is COc1ccc(CNc2nccc3c2c(-c2ccc(C(=O)Nc4ccccn4)cc2F)nn3C2CN(C(=O)OC(C)(C)C)C2)c(OC)c1. The fourth-order valence-electron chi connectivity index (χ4n) is 5.42. The summed E-state index contributed by atoms with van der Waals surface area (Å²) >= 11 is 0. The number of pyridine rings is 2. The first-order chi connectivity index (χ1) is 23.0. The van der Waals surface area contributed by atoms with Gasteiger partial charge < -0.3 is 29.7 Å². The van der Waals surface area contributed by atoms with Gasteiger partial charge in [-0.3, -0.25) is 9.48 Å². The summed E-state index contributed by atoms with van der Waals surface area (Å²) in [6.45, 7) is 6.54. The molecule has 0 radical (unpaired) electrons. The molecule has 0 saturated carbocycles. The van der Waals surface area contributed by atoms with Crippen molar-refractivity contribution in [2.45, 2.75) is 39.0 Å². The van der Waals surface area contributed by atoms with Crippen LogP contribution in [-0.2, 0) is 11.3 Å². The van der Waals surface area contributed by atoms with E-state index in [2.05, 4.69) is 20.6 Å². The van der Waals surface area contributed by atoms with E-state index in [1.807, 2.05) is 39.0 Å². The molecule has 0 spiro atoms. The van der Waals surface area contributed by atoms with E-state index in [1.54, 1.807) is 66.5 Å². The quantitative estimate of drug-likeness (QED) is 0.188. The highest BCUT2D eigenvalue weighted by molar-refractivity contribution is 6.05. The van der Waals surface area contributed by atoms with Crippen LogP contribution >= 0.6 is 0 Å². The average molecular weight is 654 g/mol. The van der Waals surface area contributed by atoms with Crippen LogP contribution in [0, 0.1) is 5.82 Å². The number of halogens is 1. The number of carbonyl (C=O) groups is 2. The summed E-state index contributed by atoms with van der Waals surface area (Å²) in [5.74, 6) is 0.994. The molecule has 13 heteroatoms. The molecule has 4 heterocycles. The minimum Gasteiger partial charge on any atom is -0.497 e. The fourth-order valence-corrected chi connectivity index (χ4v) is 5.42. The van der Waals surface area contributed by atoms with E-state index in [9.17, 15) is 9.59 Å². The molecule has 2 N–H and O–H groups in total. The number of nitrogens with zero attached hydrogens (tertiary/aromatic N) is 5. The Balaban J connectivity index is 1.35. The van der Waals surface area contributed by atoms with E-state index in [0.29, 0.717) is 59.4 Å². The smallest absolute Gasteiger partial charge is 0.410 e. The van der Waals surface area contributed by atoms with Crippen LogP contribution < -0.4 is 20.1 Å². The van der Waals surface area contributed by atoms with E-state index in [4.69, 9.17) is 19.3 Å². The molecular formula is C35H36FN7O5. The van der Waals surface area contributed by atoms with Gasteiger partial charge in [0.15, 0.2) is 0 Å². The van der Waals surface area contributed by atoms with Crippen LogP contribution in [0.1, 0.15) is 42.7 Å². The lowest BCUT2D eigenvalue weighted by atomic mass is 10.0. The molecule has 6 rings (SSSR count). The average Bonchev–Trinajstić information content (AvgIpc) is 3.42. The predicted molar refractivity (Wildman–Crippen MR) is 179 cm³/mol. The van der Waals surface area contributed by atoms with Crippen LogP contribution in [0.4, 0.5) is 20.8 Å². The van der Waals surface area contributed by atoms with Gasteiger partial charge in [0.2, 0.25) is 0 Å². The lowest BCUT2D eigenvalue weighted by Crippen LogP contribution is -2.52. The summed E-state index contributed by atoms with van der Waals surface area (Å²) in [6.07, 6.45) is 2.81. The molecule has 5 aromatic rings. The summed E-state index contributed by atoms with van der Waals surface area (Å²) < 4.78 is 34.2. The summed E-state index contributed by atoms with van der Waals surface area (Å²) in [5.41, 5.74) is 1.59. The molecule has 248 valence electrons. The molecule has 0 atom stereocenters. The lowest BCUT2D eigenvalue weighted by molar-refractivity contribution is 0.000180. The van der Waals surface area contributed by atoms with Crippen LogP contribution in [0.3, 0.4) is 0 Å². The molecule has 1 saturated heterocycles. The molecule has 0 bridgehead atoms. The van der Waals surface area contributed by atoms with Crippen molar-refractivity contribution in [3.05, 3.63) is 90.0 Å².